The molecule has 1 aliphatic rings. The molecule has 33 heavy (non-hydrogen) atoms. The number of fused-ring (bicyclic) bond motifs is 2. The normalized spacial score (nSPS) is 16.0. The highest BCUT2D eigenvalue weighted by Gasteiger charge is 2.45. The van der Waals surface area contributed by atoms with Crippen molar-refractivity contribution in [2.45, 2.75) is 46.1 Å². The zero-order chi connectivity index (χ0) is 23.7. The van der Waals surface area contributed by atoms with Gasteiger partial charge in [-0.05, 0) is 48.1 Å². The van der Waals surface area contributed by atoms with E-state index < -0.39 is 11.9 Å². The van der Waals surface area contributed by atoms with Crippen molar-refractivity contribution < 1.29 is 13.7 Å². The van der Waals surface area contributed by atoms with Crippen LogP contribution in [0.25, 0.3) is 11.0 Å². The molecular weight excluding hydrogens is 440 g/mol. The Bertz CT molecular complexity index is 1480. The molecule has 0 spiro atoms. The van der Waals surface area contributed by atoms with E-state index >= 15 is 0 Å². The summed E-state index contributed by atoms with van der Waals surface area (Å²) in [6.45, 7) is 9.97. The second-order valence-electron chi connectivity index (χ2n) is 9.52. The maximum absolute atomic E-state index is 13.7. The van der Waals surface area contributed by atoms with Crippen molar-refractivity contribution in [2.75, 3.05) is 4.90 Å². The van der Waals surface area contributed by atoms with Crippen molar-refractivity contribution >= 4 is 34.3 Å². The van der Waals surface area contributed by atoms with Crippen LogP contribution in [0.1, 0.15) is 65.4 Å². The number of carbonyl (C=O) groups excluding carboxylic acids is 1. The van der Waals surface area contributed by atoms with Crippen LogP contribution in [0, 0.1) is 13.8 Å². The largest absolute Gasteiger partial charge is 0.450 e. The monoisotopic (exact) mass is 462 g/mol. The average Bonchev–Trinajstić information content (AvgIpc) is 3.30. The first-order valence-electron chi connectivity index (χ1n) is 10.7. The van der Waals surface area contributed by atoms with Gasteiger partial charge in [0.25, 0.3) is 5.91 Å². The van der Waals surface area contributed by atoms with Crippen LogP contribution in [0.2, 0.25) is 5.02 Å². The summed E-state index contributed by atoms with van der Waals surface area (Å²) >= 11 is 6.30. The van der Waals surface area contributed by atoms with E-state index in [2.05, 4.69) is 25.9 Å². The van der Waals surface area contributed by atoms with E-state index in [9.17, 15) is 9.59 Å². The number of benzene rings is 2. The molecule has 7 heteroatoms. The number of nitrogens with zero attached hydrogens (tertiary/aromatic N) is 2. The maximum atomic E-state index is 13.7. The molecule has 3 heterocycles. The van der Waals surface area contributed by atoms with Gasteiger partial charge in [-0.1, -0.05) is 61.8 Å². The van der Waals surface area contributed by atoms with Crippen LogP contribution in [-0.2, 0) is 5.41 Å². The molecule has 0 bridgehead atoms. The summed E-state index contributed by atoms with van der Waals surface area (Å²) < 4.78 is 11.3. The summed E-state index contributed by atoms with van der Waals surface area (Å²) in [7, 11) is 0. The summed E-state index contributed by atoms with van der Waals surface area (Å²) in [4.78, 5) is 28.7. The molecule has 0 N–H and O–H groups in total. The number of hydrogen-bond donors (Lipinski definition) is 0. The minimum absolute atomic E-state index is 0.0137. The molecule has 1 aliphatic heterocycles. The van der Waals surface area contributed by atoms with Gasteiger partial charge in [0.2, 0.25) is 5.76 Å². The van der Waals surface area contributed by atoms with E-state index in [0.717, 1.165) is 16.7 Å². The Hall–Kier alpha value is -3.38. The average molecular weight is 463 g/mol. The van der Waals surface area contributed by atoms with E-state index in [0.29, 0.717) is 27.6 Å². The fourth-order valence-corrected chi connectivity index (χ4v) is 4.44. The first-order chi connectivity index (χ1) is 15.6. The van der Waals surface area contributed by atoms with Crippen molar-refractivity contribution in [3.63, 3.8) is 0 Å². The van der Waals surface area contributed by atoms with Gasteiger partial charge in [0.15, 0.2) is 11.2 Å². The summed E-state index contributed by atoms with van der Waals surface area (Å²) in [5.74, 6) is 0.462. The topological polar surface area (TPSA) is 76.6 Å². The number of hydrogen-bond acceptors (Lipinski definition) is 5. The Morgan fingerprint density at radius 2 is 1.73 bits per heavy atom. The van der Waals surface area contributed by atoms with Gasteiger partial charge in [-0.3, -0.25) is 14.5 Å². The number of anilines is 1. The summed E-state index contributed by atoms with van der Waals surface area (Å²) in [6.07, 6.45) is 0. The highest BCUT2D eigenvalue weighted by atomic mass is 35.5. The lowest BCUT2D eigenvalue weighted by Gasteiger charge is -2.24. The molecule has 1 unspecified atom stereocenters. The van der Waals surface area contributed by atoms with E-state index in [1.807, 2.05) is 31.2 Å². The fraction of sp³-hybridized carbons (Fsp3) is 0.269. The Morgan fingerprint density at radius 3 is 2.33 bits per heavy atom. The number of carbonyl (C=O) groups is 1. The molecule has 0 saturated heterocycles. The lowest BCUT2D eigenvalue weighted by molar-refractivity contribution is 0.0969. The zero-order valence-corrected chi connectivity index (χ0v) is 19.8. The smallest absolute Gasteiger partial charge is 0.296 e. The van der Waals surface area contributed by atoms with E-state index in [4.69, 9.17) is 20.5 Å². The van der Waals surface area contributed by atoms with Gasteiger partial charge < -0.3 is 8.94 Å². The van der Waals surface area contributed by atoms with Gasteiger partial charge in [0, 0.05) is 11.1 Å². The predicted molar refractivity (Wildman–Crippen MR) is 127 cm³/mol. The quantitative estimate of drug-likeness (QED) is 0.360. The minimum atomic E-state index is -0.702. The zero-order valence-electron chi connectivity index (χ0n) is 19.0. The van der Waals surface area contributed by atoms with E-state index in [-0.39, 0.29) is 22.2 Å². The van der Waals surface area contributed by atoms with Crippen LogP contribution in [-0.4, -0.2) is 11.1 Å². The standard InChI is InChI=1S/C26H23ClN2O4/c1-13-10-19-17(12-18(13)27)23(30)21-22(15-6-8-16(9-7-15)26(3,4)5)29(25(31)24(21)32-19)20-11-14(2)33-28-20/h6-12,22H,1-5H3. The highest BCUT2D eigenvalue weighted by Crippen LogP contribution is 2.41. The number of rotatable bonds is 2. The molecule has 0 radical (unpaired) electrons. The van der Waals surface area contributed by atoms with Crippen molar-refractivity contribution in [1.82, 2.24) is 5.16 Å². The highest BCUT2D eigenvalue weighted by molar-refractivity contribution is 6.32. The first-order valence-corrected chi connectivity index (χ1v) is 11.1. The fourth-order valence-electron chi connectivity index (χ4n) is 4.28. The Balaban J connectivity index is 1.78. The molecule has 6 nitrogen and oxygen atoms in total. The predicted octanol–water partition coefficient (Wildman–Crippen LogP) is 6.10. The van der Waals surface area contributed by atoms with Gasteiger partial charge in [-0.15, -0.1) is 0 Å². The van der Waals surface area contributed by atoms with Gasteiger partial charge in [-0.2, -0.15) is 0 Å². The molecule has 2 aromatic heterocycles. The molecule has 0 aliphatic carbocycles. The van der Waals surface area contributed by atoms with Crippen LogP contribution in [0.4, 0.5) is 5.82 Å². The Morgan fingerprint density at radius 1 is 1.03 bits per heavy atom. The van der Waals surface area contributed by atoms with Crippen molar-refractivity contribution in [3.8, 4) is 0 Å². The van der Waals surface area contributed by atoms with Gasteiger partial charge in [0.1, 0.15) is 11.3 Å². The Labute approximate surface area is 195 Å². The summed E-state index contributed by atoms with van der Waals surface area (Å²) in [6, 6.07) is 12.2. The third-order valence-corrected chi connectivity index (χ3v) is 6.51. The number of aromatic nitrogens is 1. The van der Waals surface area contributed by atoms with Crippen molar-refractivity contribution in [3.05, 3.63) is 91.5 Å². The van der Waals surface area contributed by atoms with Gasteiger partial charge >= 0.3 is 0 Å². The molecule has 168 valence electrons. The third kappa shape index (κ3) is 3.37. The van der Waals surface area contributed by atoms with Gasteiger partial charge in [0.05, 0.1) is 17.0 Å². The molecule has 2 aromatic carbocycles. The number of amides is 1. The maximum Gasteiger partial charge on any atom is 0.296 e. The molecule has 0 saturated carbocycles. The van der Waals surface area contributed by atoms with Crippen molar-refractivity contribution in [2.24, 2.45) is 0 Å². The Kier molecular flexibility index (Phi) is 4.76. The van der Waals surface area contributed by atoms with E-state index in [1.165, 1.54) is 4.90 Å². The second kappa shape index (κ2) is 7.32. The lowest BCUT2D eigenvalue weighted by Crippen LogP contribution is -2.29. The summed E-state index contributed by atoms with van der Waals surface area (Å²) in [5.41, 5.74) is 2.97. The van der Waals surface area contributed by atoms with Crippen LogP contribution in [0.5, 0.6) is 0 Å². The van der Waals surface area contributed by atoms with Crippen LogP contribution >= 0.6 is 11.6 Å². The third-order valence-electron chi connectivity index (χ3n) is 6.11. The molecule has 4 aromatic rings. The van der Waals surface area contributed by atoms with Crippen molar-refractivity contribution in [1.29, 1.82) is 0 Å². The molecule has 0 fully saturated rings. The first kappa shape index (κ1) is 21.5. The number of halogens is 1. The van der Waals surface area contributed by atoms with E-state index in [1.54, 1.807) is 25.1 Å². The minimum Gasteiger partial charge on any atom is -0.450 e. The molecule has 1 atom stereocenters. The van der Waals surface area contributed by atoms with Crippen LogP contribution in [0.3, 0.4) is 0 Å². The number of aryl methyl sites for hydroxylation is 2. The summed E-state index contributed by atoms with van der Waals surface area (Å²) in [5, 5.41) is 4.86. The van der Waals surface area contributed by atoms with Crippen LogP contribution < -0.4 is 10.3 Å². The van der Waals surface area contributed by atoms with Crippen LogP contribution in [0.15, 0.2) is 56.2 Å². The molecule has 1 amide bonds. The molecular formula is C26H23ClN2O4. The second-order valence-corrected chi connectivity index (χ2v) is 9.92. The SMILES string of the molecule is Cc1cc(N2C(=O)c3oc4cc(C)c(Cl)cc4c(=O)c3C2c2ccc(C(C)(C)C)cc2)no1. The molecule has 5 rings (SSSR count). The van der Waals surface area contributed by atoms with Gasteiger partial charge in [-0.25, -0.2) is 0 Å². The lowest BCUT2D eigenvalue weighted by atomic mass is 9.86.